The van der Waals surface area contributed by atoms with Crippen molar-refractivity contribution >= 4 is 51.7 Å². The molecule has 1 aliphatic heterocycles. The molecule has 0 radical (unpaired) electrons. The van der Waals surface area contributed by atoms with Gasteiger partial charge in [0, 0.05) is 19.3 Å². The number of thioether (sulfide) groups is 1. The maximum absolute atomic E-state index is 13.2. The summed E-state index contributed by atoms with van der Waals surface area (Å²) in [4.78, 5) is 32.9. The molecule has 35 heavy (non-hydrogen) atoms. The Balaban J connectivity index is 1.61. The van der Waals surface area contributed by atoms with E-state index in [1.807, 2.05) is 24.3 Å². The molecule has 0 saturated carbocycles. The number of methoxy groups -OCH3 is 2. The highest BCUT2D eigenvalue weighted by atomic mass is 32.2. The zero-order valence-corrected chi connectivity index (χ0v) is 20.9. The number of carbonyl (C=O) groups is 1. The van der Waals surface area contributed by atoms with Crippen molar-refractivity contribution in [1.29, 1.82) is 0 Å². The van der Waals surface area contributed by atoms with Gasteiger partial charge in [0.25, 0.3) is 11.5 Å². The summed E-state index contributed by atoms with van der Waals surface area (Å²) in [6.07, 6.45) is 5.46. The number of pyridine rings is 1. The van der Waals surface area contributed by atoms with Gasteiger partial charge in [-0.3, -0.25) is 18.9 Å². The normalized spacial score (nSPS) is 14.6. The average molecular weight is 509 g/mol. The molecule has 0 bridgehead atoms. The fraction of sp³-hybridized carbons (Fsp3) is 0.200. The minimum atomic E-state index is -0.280. The number of ether oxygens (including phenoxy) is 2. The molecule has 4 rings (SSSR count). The van der Waals surface area contributed by atoms with Crippen LogP contribution in [0.3, 0.4) is 0 Å². The Morgan fingerprint density at radius 3 is 2.71 bits per heavy atom. The molecule has 180 valence electrons. The fourth-order valence-electron chi connectivity index (χ4n) is 3.64. The predicted octanol–water partition coefficient (Wildman–Crippen LogP) is 3.75. The van der Waals surface area contributed by atoms with Crippen molar-refractivity contribution in [1.82, 2.24) is 14.3 Å². The number of hydrogen-bond acceptors (Lipinski definition) is 8. The molecule has 0 aliphatic carbocycles. The number of rotatable bonds is 9. The van der Waals surface area contributed by atoms with E-state index in [9.17, 15) is 9.59 Å². The van der Waals surface area contributed by atoms with E-state index in [1.54, 1.807) is 49.6 Å². The van der Waals surface area contributed by atoms with Gasteiger partial charge in [-0.25, -0.2) is 4.98 Å². The van der Waals surface area contributed by atoms with Crippen molar-refractivity contribution in [3.8, 4) is 11.5 Å². The summed E-state index contributed by atoms with van der Waals surface area (Å²) in [7, 11) is 3.16. The highest BCUT2D eigenvalue weighted by Gasteiger charge is 2.32. The van der Waals surface area contributed by atoms with Gasteiger partial charge in [0.1, 0.15) is 15.8 Å². The Labute approximate surface area is 212 Å². The molecule has 1 aliphatic rings. The van der Waals surface area contributed by atoms with Gasteiger partial charge < -0.3 is 14.8 Å². The van der Waals surface area contributed by atoms with Crippen LogP contribution >= 0.6 is 24.0 Å². The van der Waals surface area contributed by atoms with Crippen LogP contribution in [0, 0.1) is 0 Å². The van der Waals surface area contributed by atoms with E-state index < -0.39 is 0 Å². The Bertz CT molecular complexity index is 1400. The largest absolute Gasteiger partial charge is 0.493 e. The van der Waals surface area contributed by atoms with E-state index in [2.05, 4.69) is 16.9 Å². The second kappa shape index (κ2) is 10.7. The monoisotopic (exact) mass is 508 g/mol. The average Bonchev–Trinajstić information content (AvgIpc) is 3.14. The maximum Gasteiger partial charge on any atom is 0.267 e. The first-order chi connectivity index (χ1) is 17.0. The van der Waals surface area contributed by atoms with Gasteiger partial charge in [0.2, 0.25) is 0 Å². The van der Waals surface area contributed by atoms with E-state index in [-0.39, 0.29) is 17.0 Å². The lowest BCUT2D eigenvalue weighted by atomic mass is 10.1. The number of fused-ring (bicyclic) bond motifs is 1. The number of anilines is 1. The molecule has 1 aromatic carbocycles. The Kier molecular flexibility index (Phi) is 7.52. The quantitative estimate of drug-likeness (QED) is 0.266. The molecule has 1 N–H and O–H groups in total. The highest BCUT2D eigenvalue weighted by Crippen LogP contribution is 2.34. The molecule has 2 aromatic heterocycles. The zero-order valence-electron chi connectivity index (χ0n) is 19.3. The molecule has 0 unspecified atom stereocenters. The van der Waals surface area contributed by atoms with Crippen LogP contribution in [0.4, 0.5) is 5.82 Å². The Hall–Kier alpha value is -3.63. The molecule has 1 saturated heterocycles. The number of nitrogens with zero attached hydrogens (tertiary/aromatic N) is 3. The van der Waals surface area contributed by atoms with Crippen molar-refractivity contribution < 1.29 is 14.3 Å². The Morgan fingerprint density at radius 2 is 1.97 bits per heavy atom. The molecule has 10 heteroatoms. The van der Waals surface area contributed by atoms with Crippen LogP contribution in [0.1, 0.15) is 11.1 Å². The summed E-state index contributed by atoms with van der Waals surface area (Å²) >= 11 is 6.65. The van der Waals surface area contributed by atoms with Crippen LogP contribution < -0.4 is 20.3 Å². The van der Waals surface area contributed by atoms with Crippen LogP contribution in [-0.4, -0.2) is 51.8 Å². The van der Waals surface area contributed by atoms with Crippen LogP contribution in [-0.2, 0) is 11.2 Å². The van der Waals surface area contributed by atoms with Crippen molar-refractivity contribution in [2.75, 3.05) is 32.6 Å². The van der Waals surface area contributed by atoms with Gasteiger partial charge in [-0.15, -0.1) is 6.58 Å². The predicted molar refractivity (Wildman–Crippen MR) is 143 cm³/mol. The van der Waals surface area contributed by atoms with Gasteiger partial charge in [-0.1, -0.05) is 42.2 Å². The van der Waals surface area contributed by atoms with E-state index in [1.165, 1.54) is 16.2 Å². The standard InChI is InChI=1S/C25H24N4O4S2/c1-4-11-26-22-17(23(30)28-12-6-5-7-21(28)27-22)15-20-24(31)29(25(34)35-20)13-10-16-8-9-18(32-2)19(14-16)33-3/h4-9,12,14-15,26H,1,10-11,13H2,2-3H3/b20-15+. The lowest BCUT2D eigenvalue weighted by Gasteiger charge is -2.15. The van der Waals surface area contributed by atoms with Gasteiger partial charge in [0.15, 0.2) is 11.5 Å². The third-order valence-corrected chi connectivity index (χ3v) is 6.78. The molecule has 8 nitrogen and oxygen atoms in total. The third-order valence-electron chi connectivity index (χ3n) is 5.40. The first-order valence-electron chi connectivity index (χ1n) is 10.8. The summed E-state index contributed by atoms with van der Waals surface area (Å²) in [6, 6.07) is 10.9. The van der Waals surface area contributed by atoms with Crippen LogP contribution in [0.25, 0.3) is 11.7 Å². The highest BCUT2D eigenvalue weighted by molar-refractivity contribution is 8.26. The number of thiocarbonyl (C=S) groups is 1. The number of aromatic nitrogens is 2. The van der Waals surface area contributed by atoms with Crippen molar-refractivity contribution in [2.45, 2.75) is 6.42 Å². The van der Waals surface area contributed by atoms with E-state index in [0.29, 0.717) is 51.7 Å². The van der Waals surface area contributed by atoms with Gasteiger partial charge >= 0.3 is 0 Å². The topological polar surface area (TPSA) is 85.2 Å². The number of carbonyl (C=O) groups excluding carboxylic acids is 1. The summed E-state index contributed by atoms with van der Waals surface area (Å²) in [6.45, 7) is 4.52. The Morgan fingerprint density at radius 1 is 1.17 bits per heavy atom. The van der Waals surface area contributed by atoms with Gasteiger partial charge in [0.05, 0.1) is 24.7 Å². The molecule has 0 atom stereocenters. The molecular weight excluding hydrogens is 484 g/mol. The second-order valence-corrected chi connectivity index (χ2v) is 9.23. The van der Waals surface area contributed by atoms with Crippen LogP contribution in [0.15, 0.2) is 64.9 Å². The first-order valence-corrected chi connectivity index (χ1v) is 12.0. The van der Waals surface area contributed by atoms with E-state index in [0.717, 1.165) is 5.56 Å². The molecule has 3 heterocycles. The molecule has 0 spiro atoms. The van der Waals surface area contributed by atoms with Crippen molar-refractivity contribution in [2.24, 2.45) is 0 Å². The summed E-state index contributed by atoms with van der Waals surface area (Å²) in [5.74, 6) is 1.41. The van der Waals surface area contributed by atoms with Crippen molar-refractivity contribution in [3.63, 3.8) is 0 Å². The maximum atomic E-state index is 13.2. The molecule has 1 amide bonds. The van der Waals surface area contributed by atoms with Gasteiger partial charge in [-0.05, 0) is 42.3 Å². The second-order valence-electron chi connectivity index (χ2n) is 7.55. The first kappa shape index (κ1) is 24.5. The fourth-order valence-corrected chi connectivity index (χ4v) is 4.93. The van der Waals surface area contributed by atoms with Crippen molar-refractivity contribution in [3.05, 3.63) is 81.6 Å². The van der Waals surface area contributed by atoms with Crippen LogP contribution in [0.5, 0.6) is 11.5 Å². The summed E-state index contributed by atoms with van der Waals surface area (Å²) < 4.78 is 12.5. The minimum absolute atomic E-state index is 0.243. The number of benzene rings is 1. The minimum Gasteiger partial charge on any atom is -0.493 e. The smallest absolute Gasteiger partial charge is 0.267 e. The number of nitrogens with one attached hydrogen (secondary N) is 1. The summed E-state index contributed by atoms with van der Waals surface area (Å²) in [5, 5.41) is 3.10. The molecule has 1 fully saturated rings. The summed E-state index contributed by atoms with van der Waals surface area (Å²) in [5.41, 5.74) is 1.49. The lowest BCUT2D eigenvalue weighted by Crippen LogP contribution is -2.30. The molecule has 3 aromatic rings. The van der Waals surface area contributed by atoms with Gasteiger partial charge in [-0.2, -0.15) is 0 Å². The number of amides is 1. The van der Waals surface area contributed by atoms with E-state index in [4.69, 9.17) is 21.7 Å². The lowest BCUT2D eigenvalue weighted by molar-refractivity contribution is -0.122. The number of hydrogen-bond donors (Lipinski definition) is 1. The molecular formula is C25H24N4O4S2. The zero-order chi connectivity index (χ0) is 24.9. The van der Waals surface area contributed by atoms with E-state index >= 15 is 0 Å². The van der Waals surface area contributed by atoms with Crippen LogP contribution in [0.2, 0.25) is 0 Å². The SMILES string of the molecule is C=CCNc1nc2ccccn2c(=O)c1/C=C1/SC(=S)N(CCc2ccc(OC)c(OC)c2)C1=O. The third kappa shape index (κ3) is 5.08.